The Morgan fingerprint density at radius 3 is 1.89 bits per heavy atom. The van der Waals surface area contributed by atoms with Crippen molar-refractivity contribution in [2.45, 2.75) is 26.7 Å². The van der Waals surface area contributed by atoms with Gasteiger partial charge in [-0.1, -0.05) is 129 Å². The first-order valence-electron chi connectivity index (χ1n) is 16.5. The van der Waals surface area contributed by atoms with Crippen molar-refractivity contribution >= 4 is 51.5 Å². The number of fused-ring (bicyclic) bond motifs is 3. The fraction of sp³-hybridized carbons (Fsp3) is 0.116. The molecule has 4 aliphatic rings. The van der Waals surface area contributed by atoms with E-state index in [1.54, 1.807) is 0 Å². The van der Waals surface area contributed by atoms with Gasteiger partial charge in [0, 0.05) is 39.6 Å². The Balaban J connectivity index is 1.43. The summed E-state index contributed by atoms with van der Waals surface area (Å²) in [5.74, 6) is 0. The van der Waals surface area contributed by atoms with Gasteiger partial charge in [0.15, 0.2) is 0 Å². The summed E-state index contributed by atoms with van der Waals surface area (Å²) in [6, 6.07) is 49.2. The minimum absolute atomic E-state index is 0.0810. The Morgan fingerprint density at radius 1 is 0.587 bits per heavy atom. The van der Waals surface area contributed by atoms with E-state index in [1.165, 1.54) is 72.8 Å². The number of anilines is 4. The number of para-hydroxylation sites is 2. The predicted molar refractivity (Wildman–Crippen MR) is 196 cm³/mol. The second kappa shape index (κ2) is 10.4. The fourth-order valence-corrected chi connectivity index (χ4v) is 8.47. The van der Waals surface area contributed by atoms with Gasteiger partial charge in [0.1, 0.15) is 0 Å². The SMILES string of the molecule is CC1(C)C(c2ccccc2)=C(c2ccccc2)C2=C1N(c1ccccc1)c1cccc3c1B2c1ccccc1N3C1=CCCC=C1. The first kappa shape index (κ1) is 27.1. The second-order valence-electron chi connectivity index (χ2n) is 13.2. The van der Waals surface area contributed by atoms with Gasteiger partial charge >= 0.3 is 0 Å². The molecule has 0 saturated carbocycles. The number of allylic oxidation sites excluding steroid dienone is 6. The van der Waals surface area contributed by atoms with Gasteiger partial charge in [-0.15, -0.1) is 0 Å². The Morgan fingerprint density at radius 2 is 1.20 bits per heavy atom. The third-order valence-electron chi connectivity index (χ3n) is 10.2. The third-order valence-corrected chi connectivity index (χ3v) is 10.2. The highest BCUT2D eigenvalue weighted by Crippen LogP contribution is 2.60. The van der Waals surface area contributed by atoms with Crippen molar-refractivity contribution in [3.63, 3.8) is 0 Å². The predicted octanol–water partition coefficient (Wildman–Crippen LogP) is 9.58. The molecule has 0 unspecified atom stereocenters. The summed E-state index contributed by atoms with van der Waals surface area (Å²) in [7, 11) is 0. The molecule has 2 nitrogen and oxygen atoms in total. The van der Waals surface area contributed by atoms with Gasteiger partial charge < -0.3 is 9.80 Å². The molecule has 46 heavy (non-hydrogen) atoms. The van der Waals surface area contributed by atoms with Gasteiger partial charge in [-0.25, -0.2) is 0 Å². The van der Waals surface area contributed by atoms with Crippen LogP contribution in [0.15, 0.2) is 169 Å². The van der Waals surface area contributed by atoms with E-state index in [1.807, 2.05) is 0 Å². The number of nitrogens with zero attached hydrogens (tertiary/aromatic N) is 2. The lowest BCUT2D eigenvalue weighted by Crippen LogP contribution is -2.56. The molecule has 2 aliphatic heterocycles. The van der Waals surface area contributed by atoms with Crippen LogP contribution < -0.4 is 20.7 Å². The van der Waals surface area contributed by atoms with Crippen molar-refractivity contribution in [1.29, 1.82) is 0 Å². The van der Waals surface area contributed by atoms with E-state index in [0.29, 0.717) is 0 Å². The van der Waals surface area contributed by atoms with Crippen LogP contribution in [0.2, 0.25) is 0 Å². The molecule has 5 aromatic carbocycles. The van der Waals surface area contributed by atoms with Crippen molar-refractivity contribution in [2.75, 3.05) is 9.80 Å². The molecular formula is C43H35BN2. The molecule has 2 aliphatic carbocycles. The Kier molecular flexibility index (Phi) is 6.11. The van der Waals surface area contributed by atoms with E-state index in [9.17, 15) is 0 Å². The van der Waals surface area contributed by atoms with Crippen LogP contribution in [0.25, 0.3) is 11.1 Å². The first-order chi connectivity index (χ1) is 22.6. The topological polar surface area (TPSA) is 6.48 Å². The summed E-state index contributed by atoms with van der Waals surface area (Å²) in [6.45, 7) is 4.95. The summed E-state index contributed by atoms with van der Waals surface area (Å²) >= 11 is 0. The Labute approximate surface area is 272 Å². The van der Waals surface area contributed by atoms with Crippen LogP contribution >= 0.6 is 0 Å². The van der Waals surface area contributed by atoms with Crippen LogP contribution in [0.4, 0.5) is 22.7 Å². The quantitative estimate of drug-likeness (QED) is 0.192. The van der Waals surface area contributed by atoms with Gasteiger partial charge in [0.2, 0.25) is 0 Å². The molecule has 0 fully saturated rings. The summed E-state index contributed by atoms with van der Waals surface area (Å²) in [4.78, 5) is 5.10. The molecule has 0 saturated heterocycles. The summed E-state index contributed by atoms with van der Waals surface area (Å²) in [5.41, 5.74) is 16.8. The average Bonchev–Trinajstić information content (AvgIpc) is 3.36. The van der Waals surface area contributed by atoms with E-state index >= 15 is 0 Å². The minimum atomic E-state index is -0.286. The van der Waals surface area contributed by atoms with Crippen LogP contribution in [-0.4, -0.2) is 6.71 Å². The van der Waals surface area contributed by atoms with Gasteiger partial charge in [-0.2, -0.15) is 0 Å². The molecule has 0 atom stereocenters. The maximum Gasteiger partial charge on any atom is 0.252 e. The highest BCUT2D eigenvalue weighted by Gasteiger charge is 2.53. The van der Waals surface area contributed by atoms with Crippen LogP contribution in [0.1, 0.15) is 37.8 Å². The molecule has 0 spiro atoms. The molecule has 5 aromatic rings. The first-order valence-corrected chi connectivity index (χ1v) is 16.5. The zero-order chi connectivity index (χ0) is 30.8. The summed E-state index contributed by atoms with van der Waals surface area (Å²) < 4.78 is 0. The second-order valence-corrected chi connectivity index (χ2v) is 13.2. The molecule has 9 rings (SSSR count). The Bertz CT molecular complexity index is 2120. The highest BCUT2D eigenvalue weighted by molar-refractivity contribution is 6.97. The monoisotopic (exact) mass is 590 g/mol. The van der Waals surface area contributed by atoms with E-state index in [-0.39, 0.29) is 12.1 Å². The van der Waals surface area contributed by atoms with E-state index in [2.05, 4.69) is 175 Å². The van der Waals surface area contributed by atoms with Crippen molar-refractivity contribution in [2.24, 2.45) is 5.41 Å². The summed E-state index contributed by atoms with van der Waals surface area (Å²) in [5, 5.41) is 0. The molecule has 3 heteroatoms. The lowest BCUT2D eigenvalue weighted by molar-refractivity contribution is 0.597. The largest absolute Gasteiger partial charge is 0.314 e. The normalized spacial score (nSPS) is 17.5. The van der Waals surface area contributed by atoms with E-state index < -0.39 is 0 Å². The number of rotatable bonds is 4. The maximum atomic E-state index is 2.58. The minimum Gasteiger partial charge on any atom is -0.314 e. The molecule has 0 radical (unpaired) electrons. The highest BCUT2D eigenvalue weighted by atomic mass is 15.2. The van der Waals surface area contributed by atoms with Crippen molar-refractivity contribution in [3.8, 4) is 0 Å². The van der Waals surface area contributed by atoms with Gasteiger partial charge in [0.05, 0.1) is 0 Å². The number of hydrogen-bond donors (Lipinski definition) is 0. The van der Waals surface area contributed by atoms with E-state index in [4.69, 9.17) is 0 Å². The molecule has 0 aromatic heterocycles. The molecule has 0 bridgehead atoms. The van der Waals surface area contributed by atoms with Gasteiger partial charge in [-0.05, 0) is 87.9 Å². The van der Waals surface area contributed by atoms with Crippen LogP contribution in [0.5, 0.6) is 0 Å². The average molecular weight is 591 g/mol. The van der Waals surface area contributed by atoms with Crippen LogP contribution in [0, 0.1) is 5.41 Å². The molecule has 0 N–H and O–H groups in total. The third kappa shape index (κ3) is 3.84. The lowest BCUT2D eigenvalue weighted by Gasteiger charge is -2.46. The number of hydrogen-bond acceptors (Lipinski definition) is 2. The van der Waals surface area contributed by atoms with Crippen molar-refractivity contribution in [1.82, 2.24) is 0 Å². The molecule has 0 amide bonds. The smallest absolute Gasteiger partial charge is 0.252 e. The summed E-state index contributed by atoms with van der Waals surface area (Å²) in [6.07, 6.45) is 9.18. The van der Waals surface area contributed by atoms with Crippen LogP contribution in [-0.2, 0) is 0 Å². The van der Waals surface area contributed by atoms with Gasteiger partial charge in [0.25, 0.3) is 6.71 Å². The van der Waals surface area contributed by atoms with Crippen molar-refractivity contribution < 1.29 is 0 Å². The molecular weight excluding hydrogens is 555 g/mol. The fourth-order valence-electron chi connectivity index (χ4n) is 8.47. The van der Waals surface area contributed by atoms with Crippen molar-refractivity contribution in [3.05, 3.63) is 180 Å². The molecule has 220 valence electrons. The van der Waals surface area contributed by atoms with Crippen LogP contribution in [0.3, 0.4) is 0 Å². The maximum absolute atomic E-state index is 2.58. The Hall–Kier alpha value is -5.28. The zero-order valence-corrected chi connectivity index (χ0v) is 26.3. The van der Waals surface area contributed by atoms with Gasteiger partial charge in [-0.3, -0.25) is 0 Å². The lowest BCUT2D eigenvalue weighted by atomic mass is 9.32. The van der Waals surface area contributed by atoms with E-state index in [0.717, 1.165) is 12.8 Å². The number of benzene rings is 5. The zero-order valence-electron chi connectivity index (χ0n) is 26.3. The molecule has 2 heterocycles. The standard InChI is InChI=1S/C43H35BN2/c1-43(2)39(31-20-9-4-10-21-31)38(30-18-7-3-8-19-30)41-42(43)46(33-24-13-6-14-25-33)37-29-17-28-36-40(37)44(41)34-26-15-16-27-35(34)45(36)32-22-11-5-12-23-32/h3-4,6-11,13-29H,5,12H2,1-2H3.